The number of hydrogen-bond donors (Lipinski definition) is 12. The highest BCUT2D eigenvalue weighted by atomic mass is 32.2. The standard InChI is InChI=1S/C55H76N14O12S2/c1-7-30(4)47-54(80)61-36(16-17-42(57)71)50(76)63-39(23-43(58)72)51(77)65-40(55(81)69-20-8-9-41(69)53(79)64-37(21-29(2)3)49(75)60-24-44(59)73)28-83-46-19-13-33(26-68(46)6)32-12-18-45(67(5)25-32)82-27-35(56)48(74)62-38(52(78)66-47)22-31-10-14-34(70)15-11-31/h10-15,18-19,25-26,29-30,35-41,47H,7-9,16-17,20-24,27-28,56H2,1-6H3,(H12-2,57,58,59,60,61,62,63,64,65,66,70,71,72,73,74,75,76,77,78,79,80)/p+2/t30-,35-,36-,37-,38-,39-,40-,41-,47-/m0/s1. The summed E-state index contributed by atoms with van der Waals surface area (Å²) in [5, 5.41) is 29.6. The number of primary amides is 3. The molecule has 0 radical (unpaired) electrons. The first-order valence-corrected chi connectivity index (χ1v) is 29.3. The molecule has 0 unspecified atom stereocenters. The number of carbonyl (C=O) groups excluding carboxylic acids is 11. The predicted molar refractivity (Wildman–Crippen MR) is 305 cm³/mol. The second-order valence-corrected chi connectivity index (χ2v) is 23.3. The second kappa shape index (κ2) is 31.0. The van der Waals surface area contributed by atoms with E-state index in [1.165, 1.54) is 40.6 Å². The van der Waals surface area contributed by atoms with E-state index in [0.717, 1.165) is 16.2 Å². The molecule has 11 amide bonds. The lowest BCUT2D eigenvalue weighted by Crippen LogP contribution is -2.61. The van der Waals surface area contributed by atoms with Gasteiger partial charge in [0.15, 0.2) is 12.4 Å². The maximum absolute atomic E-state index is 14.9. The molecule has 1 aromatic carbocycles. The Kier molecular flexibility index (Phi) is 24.6. The van der Waals surface area contributed by atoms with E-state index in [1.807, 2.05) is 56.1 Å². The van der Waals surface area contributed by atoms with E-state index >= 15 is 0 Å². The molecule has 28 heteroatoms. The molecule has 450 valence electrons. The number of thioether (sulfide) groups is 2. The molecule has 2 aromatic heterocycles. The molecule has 1 saturated heterocycles. The number of nitrogens with one attached hydrogen (secondary N) is 7. The number of phenols is 1. The summed E-state index contributed by atoms with van der Waals surface area (Å²) in [6.45, 7) is 6.67. The van der Waals surface area contributed by atoms with Gasteiger partial charge in [-0.3, -0.25) is 52.7 Å². The van der Waals surface area contributed by atoms with E-state index < -0.39 is 145 Å². The average molecular weight is 1190 g/mol. The normalized spacial score (nSPS) is 22.1. The van der Waals surface area contributed by atoms with Crippen molar-refractivity contribution in [3.05, 3.63) is 66.5 Å². The molecule has 26 nitrogen and oxygen atoms in total. The number of nitrogens with two attached hydrogens (primary N) is 4. The zero-order valence-corrected chi connectivity index (χ0v) is 49.1. The molecular weight excluding hydrogens is 1110 g/mol. The molecule has 4 aliphatic heterocycles. The first-order valence-electron chi connectivity index (χ1n) is 27.3. The molecule has 6 heterocycles. The van der Waals surface area contributed by atoms with E-state index in [2.05, 4.69) is 37.2 Å². The summed E-state index contributed by atoms with van der Waals surface area (Å²) >= 11 is 2.47. The van der Waals surface area contributed by atoms with E-state index in [0.29, 0.717) is 23.4 Å². The number of amides is 11. The van der Waals surface area contributed by atoms with Gasteiger partial charge in [-0.25, -0.2) is 0 Å². The molecule has 16 N–H and O–H groups in total. The number of carbonyl (C=O) groups is 11. The second-order valence-electron chi connectivity index (χ2n) is 21.2. The van der Waals surface area contributed by atoms with Gasteiger partial charge in [0.1, 0.15) is 62.1 Å². The van der Waals surface area contributed by atoms with Crippen molar-refractivity contribution in [3.8, 4) is 16.9 Å². The molecule has 0 saturated carbocycles. The highest BCUT2D eigenvalue weighted by Crippen LogP contribution is 2.26. The summed E-state index contributed by atoms with van der Waals surface area (Å²) in [6.07, 6.45) is 2.97. The highest BCUT2D eigenvalue weighted by Gasteiger charge is 2.41. The molecule has 4 bridgehead atoms. The van der Waals surface area contributed by atoms with Crippen molar-refractivity contribution in [3.63, 3.8) is 0 Å². The van der Waals surface area contributed by atoms with Crippen LogP contribution in [0, 0.1) is 11.8 Å². The van der Waals surface area contributed by atoms with E-state index in [4.69, 9.17) is 22.9 Å². The Labute approximate surface area is 489 Å². The van der Waals surface area contributed by atoms with Crippen LogP contribution >= 0.6 is 23.5 Å². The fourth-order valence-electron chi connectivity index (χ4n) is 9.28. The van der Waals surface area contributed by atoms with Gasteiger partial charge in [0.05, 0.1) is 30.1 Å². The Morgan fingerprint density at radius 1 is 0.723 bits per heavy atom. The first-order chi connectivity index (χ1) is 39.2. The number of aromatic hydroxyl groups is 1. The smallest absolute Gasteiger partial charge is 0.246 e. The summed E-state index contributed by atoms with van der Waals surface area (Å²) < 4.78 is 3.67. The van der Waals surface area contributed by atoms with Crippen LogP contribution in [0.25, 0.3) is 11.1 Å². The zero-order valence-electron chi connectivity index (χ0n) is 47.4. The largest absolute Gasteiger partial charge is 0.508 e. The minimum Gasteiger partial charge on any atom is -0.508 e. The summed E-state index contributed by atoms with van der Waals surface area (Å²) in [7, 11) is 3.61. The van der Waals surface area contributed by atoms with Gasteiger partial charge in [0, 0.05) is 43.0 Å². The number of nitrogens with zero attached hydrogens (tertiary/aromatic N) is 3. The van der Waals surface area contributed by atoms with E-state index in [1.54, 1.807) is 43.7 Å². The summed E-state index contributed by atoms with van der Waals surface area (Å²) in [6, 6.07) is 2.43. The van der Waals surface area contributed by atoms with Gasteiger partial charge in [0.25, 0.3) is 0 Å². The molecule has 1 fully saturated rings. The zero-order chi connectivity index (χ0) is 61.2. The summed E-state index contributed by atoms with van der Waals surface area (Å²) in [5.41, 5.74) is 25.0. The lowest BCUT2D eigenvalue weighted by atomic mass is 9.96. The monoisotopic (exact) mass is 1190 g/mol. The van der Waals surface area contributed by atoms with Gasteiger partial charge < -0.3 is 70.2 Å². The quantitative estimate of drug-likeness (QED) is 0.0608. The number of benzene rings is 1. The van der Waals surface area contributed by atoms with Crippen LogP contribution in [0.15, 0.2) is 71.0 Å². The number of pyridine rings is 2. The maximum atomic E-state index is 14.9. The van der Waals surface area contributed by atoms with Crippen LogP contribution in [0.4, 0.5) is 0 Å². The molecule has 0 spiro atoms. The SMILES string of the molecule is CC[C@H](C)[C@@H]1NC(=O)[C@H](Cc2ccc(O)cc2)NC(=O)[C@@H](N)CSc2ccc(c[n+]2C)-c2ccc([n+](C)c2)SC[C@@H](C(=O)N2CCC[C@H]2C(=O)N[C@@H](CC(C)C)C(=O)NCC(N)=O)NC(=O)[C@H](CC(N)=O)NC(=O)[C@H](CCC(N)=O)NC1=O. The molecule has 3 aromatic rings. The fraction of sp³-hybridized carbons (Fsp3) is 0.509. The van der Waals surface area contributed by atoms with Crippen molar-refractivity contribution in [1.82, 2.24) is 42.1 Å². The number of fused-ring (bicyclic) bond motifs is 2. The Morgan fingerprint density at radius 3 is 1.87 bits per heavy atom. The van der Waals surface area contributed by atoms with Crippen LogP contribution in [-0.2, 0) is 73.3 Å². The van der Waals surface area contributed by atoms with Gasteiger partial charge in [-0.05, 0) is 67.3 Å². The van der Waals surface area contributed by atoms with Crippen molar-refractivity contribution < 1.29 is 67.0 Å². The summed E-state index contributed by atoms with van der Waals surface area (Å²) in [4.78, 5) is 151. The minimum atomic E-state index is -1.80. The van der Waals surface area contributed by atoms with E-state index in [9.17, 15) is 57.8 Å². The van der Waals surface area contributed by atoms with Crippen molar-refractivity contribution in [2.45, 2.75) is 137 Å². The average Bonchev–Trinajstić information content (AvgIpc) is 4.22. The fourth-order valence-corrected chi connectivity index (χ4v) is 11.2. The molecule has 83 heavy (non-hydrogen) atoms. The lowest BCUT2D eigenvalue weighted by Gasteiger charge is -2.31. The number of aryl methyl sites for hydroxylation is 2. The predicted octanol–water partition coefficient (Wildman–Crippen LogP) is -2.79. The van der Waals surface area contributed by atoms with Gasteiger partial charge in [-0.1, -0.05) is 69.8 Å². The van der Waals surface area contributed by atoms with Crippen molar-refractivity contribution in [1.29, 1.82) is 0 Å². The number of likely N-dealkylation sites (tertiary alicyclic amines) is 1. The van der Waals surface area contributed by atoms with Crippen LogP contribution in [0.2, 0.25) is 0 Å². The van der Waals surface area contributed by atoms with Gasteiger partial charge >= 0.3 is 0 Å². The van der Waals surface area contributed by atoms with Crippen LogP contribution < -0.4 is 69.3 Å². The van der Waals surface area contributed by atoms with Gasteiger partial charge in [-0.15, -0.1) is 0 Å². The number of phenolic OH excluding ortho intramolecular Hbond substituents is 1. The molecular formula is C55H78N14O12S2+2. The van der Waals surface area contributed by atoms with Crippen molar-refractivity contribution in [2.24, 2.45) is 48.9 Å². The van der Waals surface area contributed by atoms with Gasteiger partial charge in [0.2, 0.25) is 75.0 Å². The third-order valence-corrected chi connectivity index (χ3v) is 16.5. The van der Waals surface area contributed by atoms with Crippen molar-refractivity contribution >= 4 is 88.5 Å². The third-order valence-electron chi connectivity index (χ3n) is 14.0. The molecule has 4 aliphatic rings. The number of aromatic nitrogens is 2. The maximum Gasteiger partial charge on any atom is 0.246 e. The molecule has 7 rings (SSSR count). The minimum absolute atomic E-state index is 0.0418. The topological polar surface area (TPSA) is 407 Å². The first kappa shape index (κ1) is 66.0. The molecule has 0 aliphatic carbocycles. The third kappa shape index (κ3) is 19.7. The Morgan fingerprint density at radius 2 is 1.30 bits per heavy atom. The summed E-state index contributed by atoms with van der Waals surface area (Å²) in [5.74, 6) is -10.1. The Balaban J connectivity index is 1.56. The molecule has 9 atom stereocenters. The Bertz CT molecular complexity index is 2900. The van der Waals surface area contributed by atoms with Gasteiger partial charge in [-0.2, -0.15) is 9.13 Å². The number of hydrogen-bond acceptors (Lipinski definition) is 15. The van der Waals surface area contributed by atoms with E-state index in [-0.39, 0.29) is 49.0 Å². The van der Waals surface area contributed by atoms with Crippen LogP contribution in [0.5, 0.6) is 5.75 Å². The van der Waals surface area contributed by atoms with Crippen LogP contribution in [0.1, 0.15) is 78.2 Å². The Hall–Kier alpha value is -7.85. The van der Waals surface area contributed by atoms with Crippen LogP contribution in [-0.4, -0.2) is 148 Å². The van der Waals surface area contributed by atoms with Crippen molar-refractivity contribution in [2.75, 3.05) is 24.6 Å². The number of rotatable bonds is 17. The lowest BCUT2D eigenvalue weighted by molar-refractivity contribution is -0.709. The highest BCUT2D eigenvalue weighted by molar-refractivity contribution is 7.99. The van der Waals surface area contributed by atoms with Crippen LogP contribution in [0.3, 0.4) is 0 Å².